The number of amides is 1. The summed E-state index contributed by atoms with van der Waals surface area (Å²) in [5.41, 5.74) is 3.31. The summed E-state index contributed by atoms with van der Waals surface area (Å²) in [4.78, 5) is 15.7. The molecule has 3 aromatic rings. The molecule has 0 aliphatic carbocycles. The third-order valence-electron chi connectivity index (χ3n) is 4.80. The smallest absolute Gasteiger partial charge is 0.234 e. The predicted molar refractivity (Wildman–Crippen MR) is 114 cm³/mol. The molecule has 0 radical (unpaired) electrons. The lowest BCUT2D eigenvalue weighted by Crippen LogP contribution is -2.44. The van der Waals surface area contributed by atoms with Gasteiger partial charge in [-0.05, 0) is 50.1 Å². The Labute approximate surface area is 166 Å². The van der Waals surface area contributed by atoms with Crippen LogP contribution in [0.2, 0.25) is 0 Å². The first kappa shape index (κ1) is 20.0. The minimum atomic E-state index is -0.0937. The summed E-state index contributed by atoms with van der Waals surface area (Å²) < 4.78 is 5.29. The molecule has 1 aromatic heterocycles. The van der Waals surface area contributed by atoms with Crippen molar-refractivity contribution in [3.8, 4) is 5.75 Å². The maximum atomic E-state index is 12.4. The Balaban J connectivity index is 1.83. The zero-order valence-corrected chi connectivity index (χ0v) is 17.0. The van der Waals surface area contributed by atoms with Crippen LogP contribution in [-0.4, -0.2) is 36.6 Å². The van der Waals surface area contributed by atoms with Gasteiger partial charge >= 0.3 is 0 Å². The lowest BCUT2D eigenvalue weighted by molar-refractivity contribution is -0.120. The summed E-state index contributed by atoms with van der Waals surface area (Å²) in [6.45, 7) is 6.97. The van der Waals surface area contributed by atoms with E-state index in [1.54, 1.807) is 7.11 Å². The molecule has 0 fully saturated rings. The lowest BCUT2D eigenvalue weighted by atomic mass is 9.90. The number of nitrogens with one attached hydrogen (secondary N) is 3. The van der Waals surface area contributed by atoms with Crippen LogP contribution in [0.4, 0.5) is 0 Å². The summed E-state index contributed by atoms with van der Waals surface area (Å²) in [5, 5.41) is 7.49. The number of aromatic nitrogens is 1. The zero-order chi connectivity index (χ0) is 20.1. The quantitative estimate of drug-likeness (QED) is 0.585. The second-order valence-electron chi connectivity index (χ2n) is 8.02. The van der Waals surface area contributed by atoms with Gasteiger partial charge in [0.05, 0.1) is 13.7 Å². The molecule has 1 amide bonds. The maximum Gasteiger partial charge on any atom is 0.234 e. The van der Waals surface area contributed by atoms with Crippen molar-refractivity contribution in [1.82, 2.24) is 15.6 Å². The maximum absolute atomic E-state index is 12.4. The van der Waals surface area contributed by atoms with Gasteiger partial charge in [-0.1, -0.05) is 30.3 Å². The molecule has 1 atom stereocenters. The summed E-state index contributed by atoms with van der Waals surface area (Å²) in [7, 11) is 1.66. The number of hydrogen-bond acceptors (Lipinski definition) is 3. The number of carbonyl (C=O) groups is 1. The number of fused-ring (bicyclic) bond motifs is 1. The molecule has 148 valence electrons. The largest absolute Gasteiger partial charge is 0.497 e. The molecule has 0 spiro atoms. The number of para-hydroxylation sites is 1. The second kappa shape index (κ2) is 8.48. The number of hydrogen-bond donors (Lipinski definition) is 3. The minimum absolute atomic E-state index is 0.00622. The Hall–Kier alpha value is -2.79. The second-order valence-corrected chi connectivity index (χ2v) is 8.02. The molecule has 0 saturated carbocycles. The Morgan fingerprint density at radius 2 is 1.82 bits per heavy atom. The number of methoxy groups -OCH3 is 1. The molecule has 3 rings (SSSR count). The van der Waals surface area contributed by atoms with Crippen LogP contribution in [0.25, 0.3) is 10.9 Å². The average molecular weight is 380 g/mol. The monoisotopic (exact) mass is 379 g/mol. The third kappa shape index (κ3) is 4.93. The molecule has 0 bridgehead atoms. The van der Waals surface area contributed by atoms with Crippen LogP contribution in [-0.2, 0) is 4.79 Å². The molecular formula is C23H29N3O2. The molecule has 1 unspecified atom stereocenters. The first-order valence-corrected chi connectivity index (χ1v) is 9.59. The van der Waals surface area contributed by atoms with Gasteiger partial charge in [0.2, 0.25) is 5.91 Å². The summed E-state index contributed by atoms with van der Waals surface area (Å²) in [6.07, 6.45) is 2.04. The predicted octanol–water partition coefficient (Wildman–Crippen LogP) is 3.81. The highest BCUT2D eigenvalue weighted by molar-refractivity contribution is 5.84. The number of ether oxygens (including phenoxy) is 1. The van der Waals surface area contributed by atoms with Crippen LogP contribution < -0.4 is 15.4 Å². The van der Waals surface area contributed by atoms with E-state index in [0.717, 1.165) is 16.8 Å². The SMILES string of the molecule is COc1ccc(C(CNC(=O)CNC(C)(C)C)c2c[nH]c3ccccc23)cc1. The molecule has 5 heteroatoms. The van der Waals surface area contributed by atoms with Gasteiger partial charge in [-0.3, -0.25) is 4.79 Å². The summed E-state index contributed by atoms with van der Waals surface area (Å²) in [6, 6.07) is 16.3. The van der Waals surface area contributed by atoms with E-state index in [1.807, 2.05) is 51.2 Å². The number of carbonyl (C=O) groups excluding carboxylic acids is 1. The highest BCUT2D eigenvalue weighted by Crippen LogP contribution is 2.31. The Bertz CT molecular complexity index is 923. The number of aromatic amines is 1. The van der Waals surface area contributed by atoms with Crippen molar-refractivity contribution < 1.29 is 9.53 Å². The van der Waals surface area contributed by atoms with E-state index in [-0.39, 0.29) is 17.4 Å². The summed E-state index contributed by atoms with van der Waals surface area (Å²) >= 11 is 0. The standard InChI is InChI=1S/C23H29N3O2/c1-23(2,3)26-15-22(27)25-13-19(16-9-11-17(28-4)12-10-16)20-14-24-21-8-6-5-7-18(20)21/h5-12,14,19,24,26H,13,15H2,1-4H3,(H,25,27). The summed E-state index contributed by atoms with van der Waals surface area (Å²) in [5.74, 6) is 0.855. The minimum Gasteiger partial charge on any atom is -0.497 e. The van der Waals surface area contributed by atoms with Crippen molar-refractivity contribution in [1.29, 1.82) is 0 Å². The van der Waals surface area contributed by atoms with Crippen molar-refractivity contribution in [2.45, 2.75) is 32.2 Å². The zero-order valence-electron chi connectivity index (χ0n) is 17.0. The van der Waals surface area contributed by atoms with Crippen LogP contribution in [0.3, 0.4) is 0 Å². The highest BCUT2D eigenvalue weighted by atomic mass is 16.5. The van der Waals surface area contributed by atoms with Gasteiger partial charge in [0.15, 0.2) is 0 Å². The van der Waals surface area contributed by atoms with Gasteiger partial charge in [0.25, 0.3) is 0 Å². The molecule has 1 heterocycles. The van der Waals surface area contributed by atoms with E-state index in [0.29, 0.717) is 13.1 Å². The van der Waals surface area contributed by atoms with E-state index < -0.39 is 0 Å². The van der Waals surface area contributed by atoms with Gasteiger partial charge in [-0.15, -0.1) is 0 Å². The Morgan fingerprint density at radius 1 is 1.11 bits per heavy atom. The average Bonchev–Trinajstić information content (AvgIpc) is 3.10. The molecule has 0 aliphatic rings. The first-order valence-electron chi connectivity index (χ1n) is 9.59. The Morgan fingerprint density at radius 3 is 2.50 bits per heavy atom. The van der Waals surface area contributed by atoms with Gasteiger partial charge in [-0.2, -0.15) is 0 Å². The topological polar surface area (TPSA) is 66.2 Å². The highest BCUT2D eigenvalue weighted by Gasteiger charge is 2.20. The van der Waals surface area contributed by atoms with E-state index in [4.69, 9.17) is 4.74 Å². The fraction of sp³-hybridized carbons (Fsp3) is 0.348. The number of H-pyrrole nitrogens is 1. The first-order chi connectivity index (χ1) is 13.4. The van der Waals surface area contributed by atoms with Crippen LogP contribution in [0.1, 0.15) is 37.8 Å². The molecule has 0 saturated heterocycles. The van der Waals surface area contributed by atoms with Crippen LogP contribution in [0, 0.1) is 0 Å². The molecule has 0 aliphatic heterocycles. The van der Waals surface area contributed by atoms with Crippen LogP contribution in [0.5, 0.6) is 5.75 Å². The fourth-order valence-electron chi connectivity index (χ4n) is 3.25. The van der Waals surface area contributed by atoms with E-state index in [1.165, 1.54) is 10.9 Å². The van der Waals surface area contributed by atoms with Crippen LogP contribution >= 0.6 is 0 Å². The van der Waals surface area contributed by atoms with Crippen molar-refractivity contribution in [3.63, 3.8) is 0 Å². The van der Waals surface area contributed by atoms with Crippen molar-refractivity contribution in [3.05, 3.63) is 65.9 Å². The van der Waals surface area contributed by atoms with Crippen molar-refractivity contribution >= 4 is 16.8 Å². The molecule has 5 nitrogen and oxygen atoms in total. The molecule has 3 N–H and O–H groups in total. The van der Waals surface area contributed by atoms with Crippen molar-refractivity contribution in [2.75, 3.05) is 20.2 Å². The van der Waals surface area contributed by atoms with Crippen molar-refractivity contribution in [2.24, 2.45) is 0 Å². The lowest BCUT2D eigenvalue weighted by Gasteiger charge is -2.22. The van der Waals surface area contributed by atoms with Crippen LogP contribution in [0.15, 0.2) is 54.7 Å². The molecular weight excluding hydrogens is 350 g/mol. The van der Waals surface area contributed by atoms with Gasteiger partial charge in [0.1, 0.15) is 5.75 Å². The van der Waals surface area contributed by atoms with E-state index in [2.05, 4.69) is 39.9 Å². The van der Waals surface area contributed by atoms with Gasteiger partial charge < -0.3 is 20.4 Å². The third-order valence-corrected chi connectivity index (χ3v) is 4.80. The molecule has 2 aromatic carbocycles. The van der Waals surface area contributed by atoms with Gasteiger partial charge in [0, 0.05) is 35.1 Å². The number of benzene rings is 2. The fourth-order valence-corrected chi connectivity index (χ4v) is 3.25. The normalized spacial score (nSPS) is 12.7. The Kier molecular flexibility index (Phi) is 6.05. The van der Waals surface area contributed by atoms with Gasteiger partial charge in [-0.25, -0.2) is 0 Å². The molecule has 28 heavy (non-hydrogen) atoms. The van der Waals surface area contributed by atoms with E-state index >= 15 is 0 Å². The number of rotatable bonds is 7. The van der Waals surface area contributed by atoms with E-state index in [9.17, 15) is 4.79 Å².